The number of benzene rings is 1. The van der Waals surface area contributed by atoms with Crippen molar-refractivity contribution < 1.29 is 9.31 Å². The lowest BCUT2D eigenvalue weighted by atomic mass is 9.75. The normalized spacial score (nSPS) is 24.1. The molecule has 3 rings (SSSR count). The maximum absolute atomic E-state index is 6.24. The maximum atomic E-state index is 6.24. The Morgan fingerprint density at radius 1 is 1.00 bits per heavy atom. The molecular formula is C19H30BNO2. The SMILES string of the molecule is Cc1ccc(CN2CCCCC2)cc1B1OC(C)(C)C(C)(C)O1. The quantitative estimate of drug-likeness (QED) is 0.799. The Kier molecular flexibility index (Phi) is 4.61. The van der Waals surface area contributed by atoms with Crippen LogP contribution in [0.1, 0.15) is 58.1 Å². The summed E-state index contributed by atoms with van der Waals surface area (Å²) in [6.45, 7) is 14.1. The van der Waals surface area contributed by atoms with Gasteiger partial charge < -0.3 is 9.31 Å². The fraction of sp³-hybridized carbons (Fsp3) is 0.684. The Morgan fingerprint density at radius 2 is 1.61 bits per heavy atom. The Hall–Kier alpha value is -0.835. The summed E-state index contributed by atoms with van der Waals surface area (Å²) in [4.78, 5) is 2.56. The first-order valence-corrected chi connectivity index (χ1v) is 8.96. The smallest absolute Gasteiger partial charge is 0.399 e. The molecule has 1 aromatic carbocycles. The van der Waals surface area contributed by atoms with Crippen molar-refractivity contribution in [1.82, 2.24) is 4.90 Å². The summed E-state index contributed by atoms with van der Waals surface area (Å²) in [7, 11) is -0.263. The molecule has 4 heteroatoms. The van der Waals surface area contributed by atoms with E-state index in [2.05, 4.69) is 57.7 Å². The summed E-state index contributed by atoms with van der Waals surface area (Å²) in [6, 6.07) is 6.74. The molecule has 0 bridgehead atoms. The van der Waals surface area contributed by atoms with E-state index in [1.807, 2.05) is 0 Å². The number of hydrogen-bond donors (Lipinski definition) is 0. The maximum Gasteiger partial charge on any atom is 0.495 e. The number of hydrogen-bond acceptors (Lipinski definition) is 3. The highest BCUT2D eigenvalue weighted by atomic mass is 16.7. The minimum absolute atomic E-state index is 0.263. The average Bonchev–Trinajstić information content (AvgIpc) is 2.70. The molecule has 2 aliphatic heterocycles. The highest BCUT2D eigenvalue weighted by Crippen LogP contribution is 2.36. The topological polar surface area (TPSA) is 21.7 Å². The molecule has 126 valence electrons. The highest BCUT2D eigenvalue weighted by molar-refractivity contribution is 6.62. The second kappa shape index (κ2) is 6.23. The van der Waals surface area contributed by atoms with Crippen LogP contribution in [-0.4, -0.2) is 36.3 Å². The zero-order valence-electron chi connectivity index (χ0n) is 15.3. The third-order valence-electron chi connectivity index (χ3n) is 5.71. The molecule has 1 aromatic rings. The van der Waals surface area contributed by atoms with Crippen molar-refractivity contribution in [2.45, 2.75) is 71.6 Å². The number of aryl methyl sites for hydroxylation is 1. The van der Waals surface area contributed by atoms with Gasteiger partial charge in [-0.3, -0.25) is 4.90 Å². The van der Waals surface area contributed by atoms with Crippen LogP contribution >= 0.6 is 0 Å². The van der Waals surface area contributed by atoms with Gasteiger partial charge in [0.15, 0.2) is 0 Å². The zero-order valence-corrected chi connectivity index (χ0v) is 15.3. The van der Waals surface area contributed by atoms with Gasteiger partial charge in [0, 0.05) is 6.54 Å². The first-order chi connectivity index (χ1) is 10.8. The van der Waals surface area contributed by atoms with Gasteiger partial charge in [0.25, 0.3) is 0 Å². The van der Waals surface area contributed by atoms with Crippen LogP contribution in [0.3, 0.4) is 0 Å². The molecule has 0 radical (unpaired) electrons. The van der Waals surface area contributed by atoms with Gasteiger partial charge in [-0.25, -0.2) is 0 Å². The van der Waals surface area contributed by atoms with Crippen molar-refractivity contribution in [2.75, 3.05) is 13.1 Å². The summed E-state index contributed by atoms with van der Waals surface area (Å²) >= 11 is 0. The fourth-order valence-electron chi connectivity index (χ4n) is 3.39. The van der Waals surface area contributed by atoms with Gasteiger partial charge in [-0.05, 0) is 71.6 Å². The molecule has 2 aliphatic rings. The zero-order chi connectivity index (χ0) is 16.7. The molecule has 0 unspecified atom stereocenters. The Labute approximate surface area is 141 Å². The third kappa shape index (κ3) is 3.49. The third-order valence-corrected chi connectivity index (χ3v) is 5.71. The summed E-state index contributed by atoms with van der Waals surface area (Å²) in [6.07, 6.45) is 4.04. The van der Waals surface area contributed by atoms with Gasteiger partial charge in [-0.15, -0.1) is 0 Å². The van der Waals surface area contributed by atoms with Gasteiger partial charge >= 0.3 is 7.12 Å². The van der Waals surface area contributed by atoms with E-state index in [9.17, 15) is 0 Å². The van der Waals surface area contributed by atoms with Crippen molar-refractivity contribution in [1.29, 1.82) is 0 Å². The van der Waals surface area contributed by atoms with E-state index in [0.29, 0.717) is 0 Å². The van der Waals surface area contributed by atoms with Crippen LogP contribution in [0, 0.1) is 6.92 Å². The molecule has 0 aromatic heterocycles. The minimum atomic E-state index is -0.285. The molecule has 0 atom stereocenters. The molecule has 0 N–H and O–H groups in total. The second-order valence-electron chi connectivity index (χ2n) is 8.12. The second-order valence-corrected chi connectivity index (χ2v) is 8.12. The molecule has 2 heterocycles. The fourth-order valence-corrected chi connectivity index (χ4v) is 3.39. The predicted molar refractivity (Wildman–Crippen MR) is 96.0 cm³/mol. The van der Waals surface area contributed by atoms with E-state index in [4.69, 9.17) is 9.31 Å². The summed E-state index contributed by atoms with van der Waals surface area (Å²) in [5.41, 5.74) is 3.21. The number of piperidine rings is 1. The van der Waals surface area contributed by atoms with Crippen molar-refractivity contribution >= 4 is 12.6 Å². The van der Waals surface area contributed by atoms with Crippen LogP contribution in [0.4, 0.5) is 0 Å². The van der Waals surface area contributed by atoms with Crippen molar-refractivity contribution in [3.05, 3.63) is 29.3 Å². The van der Waals surface area contributed by atoms with Gasteiger partial charge in [-0.2, -0.15) is 0 Å². The highest BCUT2D eigenvalue weighted by Gasteiger charge is 2.52. The Bertz CT molecular complexity index is 548. The first-order valence-electron chi connectivity index (χ1n) is 8.96. The van der Waals surface area contributed by atoms with Crippen LogP contribution < -0.4 is 5.46 Å². The van der Waals surface area contributed by atoms with Crippen LogP contribution in [-0.2, 0) is 15.9 Å². The molecule has 0 saturated carbocycles. The van der Waals surface area contributed by atoms with Crippen LogP contribution in [0.15, 0.2) is 18.2 Å². The lowest BCUT2D eigenvalue weighted by molar-refractivity contribution is 0.00578. The van der Waals surface area contributed by atoms with E-state index in [0.717, 1.165) is 6.54 Å². The Morgan fingerprint density at radius 3 is 2.22 bits per heavy atom. The minimum Gasteiger partial charge on any atom is -0.399 e. The first kappa shape index (κ1) is 17.0. The molecule has 0 spiro atoms. The van der Waals surface area contributed by atoms with Gasteiger partial charge in [0.2, 0.25) is 0 Å². The molecule has 3 nitrogen and oxygen atoms in total. The Balaban J connectivity index is 1.78. The summed E-state index contributed by atoms with van der Waals surface area (Å²) in [5.74, 6) is 0. The van der Waals surface area contributed by atoms with Gasteiger partial charge in [-0.1, -0.05) is 30.2 Å². The standard InChI is InChI=1S/C19H30BNO2/c1-15-9-10-16(14-21-11-7-6-8-12-21)13-17(15)20-22-18(2,3)19(4,5)23-20/h9-10,13H,6-8,11-12,14H2,1-5H3. The van der Waals surface area contributed by atoms with Crippen LogP contribution in [0.5, 0.6) is 0 Å². The molecule has 2 saturated heterocycles. The largest absolute Gasteiger partial charge is 0.495 e. The lowest BCUT2D eigenvalue weighted by Crippen LogP contribution is -2.41. The van der Waals surface area contributed by atoms with Crippen molar-refractivity contribution in [3.8, 4) is 0 Å². The monoisotopic (exact) mass is 315 g/mol. The van der Waals surface area contributed by atoms with E-state index in [1.54, 1.807) is 0 Å². The van der Waals surface area contributed by atoms with Crippen LogP contribution in [0.25, 0.3) is 0 Å². The average molecular weight is 315 g/mol. The number of likely N-dealkylation sites (tertiary alicyclic amines) is 1. The lowest BCUT2D eigenvalue weighted by Gasteiger charge is -2.32. The summed E-state index contributed by atoms with van der Waals surface area (Å²) in [5, 5.41) is 0. The van der Waals surface area contributed by atoms with E-state index < -0.39 is 0 Å². The van der Waals surface area contributed by atoms with Crippen LogP contribution in [0.2, 0.25) is 0 Å². The van der Waals surface area contributed by atoms with E-state index in [-0.39, 0.29) is 18.3 Å². The predicted octanol–water partition coefficient (Wildman–Crippen LogP) is 3.28. The summed E-state index contributed by atoms with van der Waals surface area (Å²) < 4.78 is 12.5. The van der Waals surface area contributed by atoms with E-state index >= 15 is 0 Å². The number of nitrogens with zero attached hydrogens (tertiary/aromatic N) is 1. The molecular weight excluding hydrogens is 285 g/mol. The van der Waals surface area contributed by atoms with Gasteiger partial charge in [0.1, 0.15) is 0 Å². The molecule has 0 amide bonds. The van der Waals surface area contributed by atoms with Gasteiger partial charge in [0.05, 0.1) is 11.2 Å². The molecule has 0 aliphatic carbocycles. The molecule has 23 heavy (non-hydrogen) atoms. The van der Waals surface area contributed by atoms with E-state index in [1.165, 1.54) is 48.9 Å². The number of rotatable bonds is 3. The van der Waals surface area contributed by atoms with Crippen molar-refractivity contribution in [3.63, 3.8) is 0 Å². The van der Waals surface area contributed by atoms with Crippen molar-refractivity contribution in [2.24, 2.45) is 0 Å². The molecule has 2 fully saturated rings.